The van der Waals surface area contributed by atoms with E-state index in [0.717, 1.165) is 25.0 Å². The molecule has 0 aliphatic heterocycles. The molecule has 5 nitrogen and oxygen atoms in total. The van der Waals surface area contributed by atoms with Crippen LogP contribution in [0.5, 0.6) is 0 Å². The van der Waals surface area contributed by atoms with Gasteiger partial charge in [-0.05, 0) is 31.8 Å². The second kappa shape index (κ2) is 11.9. The number of ether oxygens (including phenoxy) is 1. The summed E-state index contributed by atoms with van der Waals surface area (Å²) < 4.78 is 4.70. The summed E-state index contributed by atoms with van der Waals surface area (Å²) in [6, 6.07) is -0.763. The molecule has 0 aromatic carbocycles. The molecule has 0 aliphatic carbocycles. The van der Waals surface area contributed by atoms with Crippen molar-refractivity contribution in [3.8, 4) is 0 Å². The Kier molecular flexibility index (Phi) is 11.3. The zero-order chi connectivity index (χ0) is 15.4. The lowest BCUT2D eigenvalue weighted by atomic mass is 10.1. The normalized spacial score (nSPS) is 13.4. The standard InChI is InChI=1S/C14H28N2O3S/c1-5-6-7-8-11(2)15-14(18)16-12(9-10-20-4)13(17)19-3/h11-12H,5-10H2,1-4H3,(H2,15,16,18)/t11-,12+/m1/s1. The molecule has 0 radical (unpaired) electrons. The third-order valence-corrected chi connectivity index (χ3v) is 3.66. The molecule has 2 N–H and O–H groups in total. The van der Waals surface area contributed by atoms with Gasteiger partial charge in [0.15, 0.2) is 0 Å². The van der Waals surface area contributed by atoms with E-state index in [-0.39, 0.29) is 12.1 Å². The molecule has 0 aliphatic rings. The summed E-state index contributed by atoms with van der Waals surface area (Å²) in [6.45, 7) is 4.13. The van der Waals surface area contributed by atoms with Gasteiger partial charge in [0.2, 0.25) is 0 Å². The third kappa shape index (κ3) is 9.07. The monoisotopic (exact) mass is 304 g/mol. The van der Waals surface area contributed by atoms with E-state index in [9.17, 15) is 9.59 Å². The maximum absolute atomic E-state index is 11.8. The lowest BCUT2D eigenvalue weighted by Crippen LogP contribution is -2.49. The third-order valence-electron chi connectivity index (χ3n) is 3.02. The van der Waals surface area contributed by atoms with E-state index >= 15 is 0 Å². The van der Waals surface area contributed by atoms with Crippen molar-refractivity contribution in [3.63, 3.8) is 0 Å². The first-order valence-corrected chi connectivity index (χ1v) is 8.58. The number of carbonyl (C=O) groups excluding carboxylic acids is 2. The molecule has 0 saturated carbocycles. The molecule has 0 aromatic rings. The molecule has 0 bridgehead atoms. The van der Waals surface area contributed by atoms with E-state index in [1.165, 1.54) is 13.5 Å². The minimum atomic E-state index is -0.574. The maximum Gasteiger partial charge on any atom is 0.328 e. The smallest absolute Gasteiger partial charge is 0.328 e. The fourth-order valence-electron chi connectivity index (χ4n) is 1.82. The van der Waals surface area contributed by atoms with Gasteiger partial charge in [-0.15, -0.1) is 0 Å². The van der Waals surface area contributed by atoms with E-state index in [1.807, 2.05) is 13.2 Å². The Morgan fingerprint density at radius 2 is 1.90 bits per heavy atom. The van der Waals surface area contributed by atoms with Crippen LogP contribution in [-0.4, -0.2) is 43.2 Å². The first-order chi connectivity index (χ1) is 9.54. The van der Waals surface area contributed by atoms with Crippen molar-refractivity contribution in [1.82, 2.24) is 10.6 Å². The van der Waals surface area contributed by atoms with Crippen molar-refractivity contribution in [2.45, 2.75) is 58.0 Å². The number of hydrogen-bond acceptors (Lipinski definition) is 4. The fourth-order valence-corrected chi connectivity index (χ4v) is 2.29. The first kappa shape index (κ1) is 19.1. The average Bonchev–Trinajstić information content (AvgIpc) is 2.42. The molecule has 0 spiro atoms. The molecule has 2 atom stereocenters. The van der Waals surface area contributed by atoms with E-state index in [1.54, 1.807) is 11.8 Å². The molecule has 0 rings (SSSR count). The Morgan fingerprint density at radius 3 is 2.45 bits per heavy atom. The number of esters is 1. The van der Waals surface area contributed by atoms with Crippen molar-refractivity contribution in [3.05, 3.63) is 0 Å². The molecule has 0 heterocycles. The van der Waals surface area contributed by atoms with Crippen LogP contribution in [0, 0.1) is 0 Å². The molecule has 0 aromatic heterocycles. The van der Waals surface area contributed by atoms with Crippen LogP contribution >= 0.6 is 11.8 Å². The van der Waals surface area contributed by atoms with Crippen LogP contribution in [0.25, 0.3) is 0 Å². The van der Waals surface area contributed by atoms with E-state index < -0.39 is 12.0 Å². The average molecular weight is 304 g/mol. The van der Waals surface area contributed by atoms with Gasteiger partial charge in [0.25, 0.3) is 0 Å². The highest BCUT2D eigenvalue weighted by Crippen LogP contribution is 2.04. The molecule has 20 heavy (non-hydrogen) atoms. The van der Waals surface area contributed by atoms with Crippen LogP contribution in [0.2, 0.25) is 0 Å². The van der Waals surface area contributed by atoms with Crippen molar-refractivity contribution in [2.75, 3.05) is 19.1 Å². The minimum Gasteiger partial charge on any atom is -0.467 e. The van der Waals surface area contributed by atoms with Crippen molar-refractivity contribution in [2.24, 2.45) is 0 Å². The van der Waals surface area contributed by atoms with Crippen LogP contribution in [0.15, 0.2) is 0 Å². The molecule has 2 amide bonds. The van der Waals surface area contributed by atoms with Gasteiger partial charge in [0.1, 0.15) is 6.04 Å². The highest BCUT2D eigenvalue weighted by atomic mass is 32.2. The highest BCUT2D eigenvalue weighted by Gasteiger charge is 2.21. The number of nitrogens with one attached hydrogen (secondary N) is 2. The Hall–Kier alpha value is -0.910. The summed E-state index contributed by atoms with van der Waals surface area (Å²) in [7, 11) is 1.33. The van der Waals surface area contributed by atoms with Crippen LogP contribution in [-0.2, 0) is 9.53 Å². The van der Waals surface area contributed by atoms with Gasteiger partial charge in [-0.1, -0.05) is 26.2 Å². The summed E-state index contributed by atoms with van der Waals surface area (Å²) in [5.41, 5.74) is 0. The predicted molar refractivity (Wildman–Crippen MR) is 84.1 cm³/mol. The van der Waals surface area contributed by atoms with E-state index in [2.05, 4.69) is 17.6 Å². The molecule has 0 unspecified atom stereocenters. The van der Waals surface area contributed by atoms with Crippen LogP contribution < -0.4 is 10.6 Å². The van der Waals surface area contributed by atoms with Gasteiger partial charge >= 0.3 is 12.0 Å². The first-order valence-electron chi connectivity index (χ1n) is 7.18. The minimum absolute atomic E-state index is 0.111. The van der Waals surface area contributed by atoms with Gasteiger partial charge in [-0.2, -0.15) is 11.8 Å². The van der Waals surface area contributed by atoms with Gasteiger partial charge in [-0.25, -0.2) is 9.59 Å². The Morgan fingerprint density at radius 1 is 1.20 bits per heavy atom. The molecule has 118 valence electrons. The van der Waals surface area contributed by atoms with Gasteiger partial charge < -0.3 is 15.4 Å². The van der Waals surface area contributed by atoms with Crippen molar-refractivity contribution >= 4 is 23.8 Å². The van der Waals surface area contributed by atoms with Gasteiger partial charge in [0.05, 0.1) is 7.11 Å². The summed E-state index contributed by atoms with van der Waals surface area (Å²) in [4.78, 5) is 23.4. The zero-order valence-corrected chi connectivity index (χ0v) is 13.8. The predicted octanol–water partition coefficient (Wildman–Crippen LogP) is 2.55. The number of carbonyl (C=O) groups is 2. The van der Waals surface area contributed by atoms with E-state index in [4.69, 9.17) is 4.74 Å². The summed E-state index contributed by atoms with van der Waals surface area (Å²) in [6.07, 6.45) is 6.93. The largest absolute Gasteiger partial charge is 0.467 e. The second-order valence-electron chi connectivity index (χ2n) is 4.87. The number of urea groups is 1. The zero-order valence-electron chi connectivity index (χ0n) is 13.0. The fraction of sp³-hybridized carbons (Fsp3) is 0.857. The topological polar surface area (TPSA) is 67.4 Å². The quantitative estimate of drug-likeness (QED) is 0.481. The number of amides is 2. The molecule has 0 fully saturated rings. The van der Waals surface area contributed by atoms with Crippen LogP contribution in [0.1, 0.15) is 46.0 Å². The summed E-state index contributed by atoms with van der Waals surface area (Å²) in [5.74, 6) is 0.402. The molecule has 0 saturated heterocycles. The van der Waals surface area contributed by atoms with Crippen molar-refractivity contribution in [1.29, 1.82) is 0 Å². The SMILES string of the molecule is CCCCC[C@@H](C)NC(=O)N[C@@H](CCSC)C(=O)OC. The second-order valence-corrected chi connectivity index (χ2v) is 5.86. The van der Waals surface area contributed by atoms with Crippen LogP contribution in [0.4, 0.5) is 4.79 Å². The lowest BCUT2D eigenvalue weighted by Gasteiger charge is -2.19. The van der Waals surface area contributed by atoms with Gasteiger partial charge in [-0.3, -0.25) is 0 Å². The number of hydrogen-bond donors (Lipinski definition) is 2. The lowest BCUT2D eigenvalue weighted by molar-refractivity contribution is -0.142. The summed E-state index contributed by atoms with van der Waals surface area (Å²) >= 11 is 1.63. The maximum atomic E-state index is 11.8. The van der Waals surface area contributed by atoms with Crippen LogP contribution in [0.3, 0.4) is 0 Å². The number of rotatable bonds is 10. The molecular formula is C14H28N2O3S. The van der Waals surface area contributed by atoms with Gasteiger partial charge in [0, 0.05) is 6.04 Å². The Labute approximate surface area is 126 Å². The number of methoxy groups -OCH3 is 1. The Bertz CT molecular complexity index is 288. The number of unbranched alkanes of at least 4 members (excludes halogenated alkanes) is 2. The van der Waals surface area contributed by atoms with Crippen molar-refractivity contribution < 1.29 is 14.3 Å². The van der Waals surface area contributed by atoms with E-state index in [0.29, 0.717) is 6.42 Å². The highest BCUT2D eigenvalue weighted by molar-refractivity contribution is 7.98. The summed E-state index contributed by atoms with van der Waals surface area (Å²) in [5, 5.41) is 5.55. The molecular weight excluding hydrogens is 276 g/mol. The molecule has 6 heteroatoms. The number of thioether (sulfide) groups is 1. The Balaban J connectivity index is 4.13.